The van der Waals surface area contributed by atoms with Crippen LogP contribution in [0.3, 0.4) is 0 Å². The van der Waals surface area contributed by atoms with Gasteiger partial charge in [-0.25, -0.2) is 4.39 Å². The minimum atomic E-state index is -0.630. The van der Waals surface area contributed by atoms with E-state index in [1.54, 1.807) is 12.1 Å². The predicted molar refractivity (Wildman–Crippen MR) is 62.4 cm³/mol. The lowest BCUT2D eigenvalue weighted by Crippen LogP contribution is -2.13. The molecular formula is C11H6FN3OS. The van der Waals surface area contributed by atoms with Crippen LogP contribution in [0.1, 0.15) is 5.56 Å². The highest BCUT2D eigenvalue weighted by atomic mass is 32.1. The van der Waals surface area contributed by atoms with E-state index in [1.165, 1.54) is 18.2 Å². The highest BCUT2D eigenvalue weighted by molar-refractivity contribution is 7.71. The second-order valence-corrected chi connectivity index (χ2v) is 3.66. The molecule has 17 heavy (non-hydrogen) atoms. The number of nitrogens with zero attached hydrogens (tertiary/aromatic N) is 1. The number of aromatic nitrogens is 2. The maximum Gasteiger partial charge on any atom is 0.270 e. The molecule has 0 saturated heterocycles. The Morgan fingerprint density at radius 1 is 1.29 bits per heavy atom. The number of aromatic amines is 2. The van der Waals surface area contributed by atoms with Crippen molar-refractivity contribution < 1.29 is 4.39 Å². The quantitative estimate of drug-likeness (QED) is 0.758. The van der Waals surface area contributed by atoms with Crippen molar-refractivity contribution in [2.24, 2.45) is 0 Å². The standard InChI is InChI=1S/C11H6FN3OS/c12-8-4-2-1-3-6(8)9-7(5-13)10(16)15-11(17)14-9/h1-4H,(H2,14,15,16,17). The summed E-state index contributed by atoms with van der Waals surface area (Å²) in [6.45, 7) is 0. The van der Waals surface area contributed by atoms with E-state index in [-0.39, 0.29) is 21.6 Å². The van der Waals surface area contributed by atoms with Crippen molar-refractivity contribution in [2.75, 3.05) is 0 Å². The van der Waals surface area contributed by atoms with E-state index in [4.69, 9.17) is 17.5 Å². The van der Waals surface area contributed by atoms with Crippen LogP contribution in [0, 0.1) is 21.9 Å². The number of hydrogen-bond acceptors (Lipinski definition) is 3. The Hall–Kier alpha value is -2.26. The van der Waals surface area contributed by atoms with E-state index in [9.17, 15) is 9.18 Å². The second kappa shape index (κ2) is 4.31. The first kappa shape index (κ1) is 11.2. The Morgan fingerprint density at radius 3 is 2.65 bits per heavy atom. The molecule has 0 unspecified atom stereocenters. The van der Waals surface area contributed by atoms with Crippen LogP contribution in [0.25, 0.3) is 11.3 Å². The molecule has 0 saturated carbocycles. The summed E-state index contributed by atoms with van der Waals surface area (Å²) < 4.78 is 13.6. The number of hydrogen-bond donors (Lipinski definition) is 2. The van der Waals surface area contributed by atoms with Gasteiger partial charge < -0.3 is 4.98 Å². The summed E-state index contributed by atoms with van der Waals surface area (Å²) in [6.07, 6.45) is 0. The third-order valence-electron chi connectivity index (χ3n) is 2.20. The summed E-state index contributed by atoms with van der Waals surface area (Å²) in [5, 5.41) is 8.90. The summed E-state index contributed by atoms with van der Waals surface area (Å²) in [6, 6.07) is 7.57. The highest BCUT2D eigenvalue weighted by Crippen LogP contribution is 2.21. The van der Waals surface area contributed by atoms with Gasteiger partial charge >= 0.3 is 0 Å². The molecular weight excluding hydrogens is 241 g/mol. The number of benzene rings is 1. The minimum Gasteiger partial charge on any atom is -0.331 e. The van der Waals surface area contributed by atoms with Gasteiger partial charge in [0.1, 0.15) is 17.4 Å². The van der Waals surface area contributed by atoms with Crippen LogP contribution in [-0.4, -0.2) is 9.97 Å². The fourth-order valence-corrected chi connectivity index (χ4v) is 1.65. The zero-order chi connectivity index (χ0) is 12.4. The van der Waals surface area contributed by atoms with Gasteiger partial charge in [-0.3, -0.25) is 9.78 Å². The third-order valence-corrected chi connectivity index (χ3v) is 2.40. The molecule has 0 aliphatic rings. The topological polar surface area (TPSA) is 72.4 Å². The van der Waals surface area contributed by atoms with Gasteiger partial charge in [-0.15, -0.1) is 0 Å². The smallest absolute Gasteiger partial charge is 0.270 e. The maximum absolute atomic E-state index is 13.6. The Bertz CT molecular complexity index is 726. The van der Waals surface area contributed by atoms with Crippen molar-refractivity contribution >= 4 is 12.2 Å². The molecule has 2 rings (SSSR count). The van der Waals surface area contributed by atoms with Gasteiger partial charge in [-0.2, -0.15) is 5.26 Å². The summed E-state index contributed by atoms with van der Waals surface area (Å²) in [5.41, 5.74) is -0.584. The first-order valence-corrected chi connectivity index (χ1v) is 5.06. The monoisotopic (exact) mass is 247 g/mol. The third kappa shape index (κ3) is 2.00. The van der Waals surface area contributed by atoms with Crippen LogP contribution in [0.4, 0.5) is 4.39 Å². The average molecular weight is 247 g/mol. The zero-order valence-electron chi connectivity index (χ0n) is 8.45. The largest absolute Gasteiger partial charge is 0.331 e. The lowest BCUT2D eigenvalue weighted by atomic mass is 10.1. The van der Waals surface area contributed by atoms with Crippen LogP contribution >= 0.6 is 12.2 Å². The van der Waals surface area contributed by atoms with Crippen LogP contribution < -0.4 is 5.56 Å². The Balaban J connectivity index is 2.86. The van der Waals surface area contributed by atoms with Gasteiger partial charge in [-0.1, -0.05) is 12.1 Å². The molecule has 0 bridgehead atoms. The molecule has 0 atom stereocenters. The van der Waals surface area contributed by atoms with Crippen LogP contribution in [-0.2, 0) is 0 Å². The molecule has 0 fully saturated rings. The molecule has 0 aliphatic carbocycles. The van der Waals surface area contributed by atoms with Crippen molar-refractivity contribution in [2.45, 2.75) is 0 Å². The molecule has 0 amide bonds. The van der Waals surface area contributed by atoms with E-state index in [1.807, 2.05) is 0 Å². The number of nitriles is 1. The van der Waals surface area contributed by atoms with Crippen molar-refractivity contribution in [3.8, 4) is 17.3 Å². The number of nitrogens with one attached hydrogen (secondary N) is 2. The summed E-state index contributed by atoms with van der Waals surface area (Å²) in [5.74, 6) is -0.528. The van der Waals surface area contributed by atoms with Crippen molar-refractivity contribution in [1.82, 2.24) is 9.97 Å². The fraction of sp³-hybridized carbons (Fsp3) is 0. The molecule has 0 spiro atoms. The first-order valence-electron chi connectivity index (χ1n) is 4.65. The van der Waals surface area contributed by atoms with Gasteiger partial charge in [0.05, 0.1) is 5.69 Å². The second-order valence-electron chi connectivity index (χ2n) is 3.25. The average Bonchev–Trinajstić information content (AvgIpc) is 2.28. The van der Waals surface area contributed by atoms with Crippen LogP contribution in [0.15, 0.2) is 29.1 Å². The zero-order valence-corrected chi connectivity index (χ0v) is 9.27. The summed E-state index contributed by atoms with van der Waals surface area (Å²) in [7, 11) is 0. The van der Waals surface area contributed by atoms with Crippen molar-refractivity contribution in [3.63, 3.8) is 0 Å². The molecule has 0 aliphatic heterocycles. The van der Waals surface area contributed by atoms with Gasteiger partial charge in [0.15, 0.2) is 4.77 Å². The molecule has 6 heteroatoms. The first-order chi connectivity index (χ1) is 8.13. The lowest BCUT2D eigenvalue weighted by molar-refractivity contribution is 0.630. The molecule has 1 heterocycles. The Morgan fingerprint density at radius 2 is 2.00 bits per heavy atom. The highest BCUT2D eigenvalue weighted by Gasteiger charge is 2.13. The molecule has 0 radical (unpaired) electrons. The maximum atomic E-state index is 13.6. The van der Waals surface area contributed by atoms with Gasteiger partial charge in [-0.05, 0) is 24.4 Å². The Labute approximate surface area is 100 Å². The van der Waals surface area contributed by atoms with Gasteiger partial charge in [0.25, 0.3) is 5.56 Å². The molecule has 84 valence electrons. The normalized spacial score (nSPS) is 9.88. The van der Waals surface area contributed by atoms with Crippen molar-refractivity contribution in [1.29, 1.82) is 5.26 Å². The number of halogens is 1. The van der Waals surface area contributed by atoms with E-state index < -0.39 is 11.4 Å². The SMILES string of the molecule is N#Cc1c(-c2ccccc2F)[nH]c(=S)[nH]c1=O. The van der Waals surface area contributed by atoms with Gasteiger partial charge in [0.2, 0.25) is 0 Å². The number of H-pyrrole nitrogens is 2. The molecule has 4 nitrogen and oxygen atoms in total. The van der Waals surface area contributed by atoms with E-state index in [2.05, 4.69) is 9.97 Å². The molecule has 1 aromatic heterocycles. The number of rotatable bonds is 1. The molecule has 2 N–H and O–H groups in total. The minimum absolute atomic E-state index is 0.0484. The van der Waals surface area contributed by atoms with E-state index >= 15 is 0 Å². The Kier molecular flexibility index (Phi) is 2.85. The molecule has 1 aromatic carbocycles. The summed E-state index contributed by atoms with van der Waals surface area (Å²) in [4.78, 5) is 16.4. The predicted octanol–water partition coefficient (Wildman–Crippen LogP) is 2.11. The van der Waals surface area contributed by atoms with E-state index in [0.717, 1.165) is 0 Å². The lowest BCUT2D eigenvalue weighted by Gasteiger charge is -2.04. The van der Waals surface area contributed by atoms with Gasteiger partial charge in [0, 0.05) is 5.56 Å². The van der Waals surface area contributed by atoms with E-state index in [0.29, 0.717) is 0 Å². The summed E-state index contributed by atoms with van der Waals surface area (Å²) >= 11 is 4.79. The van der Waals surface area contributed by atoms with Crippen molar-refractivity contribution in [3.05, 3.63) is 50.8 Å². The fourth-order valence-electron chi connectivity index (χ4n) is 1.46. The van der Waals surface area contributed by atoms with Crippen LogP contribution in [0.2, 0.25) is 0 Å². The molecule has 2 aromatic rings. The van der Waals surface area contributed by atoms with Crippen LogP contribution in [0.5, 0.6) is 0 Å².